The van der Waals surface area contributed by atoms with Crippen LogP contribution in [0, 0.1) is 0 Å². The van der Waals surface area contributed by atoms with Crippen LogP contribution in [-0.2, 0) is 21.5 Å². The van der Waals surface area contributed by atoms with Crippen LogP contribution in [-0.4, -0.2) is 49.0 Å². The predicted molar refractivity (Wildman–Crippen MR) is 113 cm³/mol. The normalized spacial score (nSPS) is 19.3. The molecule has 2 aromatic carbocycles. The van der Waals surface area contributed by atoms with Crippen molar-refractivity contribution in [3.05, 3.63) is 59.7 Å². The molecule has 2 aliphatic rings. The fraction of sp³-hybridized carbons (Fsp3) is 0.348. The molecule has 4 amide bonds. The topological polar surface area (TPSA) is 97.0 Å². The predicted octanol–water partition coefficient (Wildman–Crippen LogP) is 1.97. The van der Waals surface area contributed by atoms with Gasteiger partial charge in [-0.05, 0) is 55.2 Å². The zero-order chi connectivity index (χ0) is 21.8. The first-order valence-corrected chi connectivity index (χ1v) is 10.4. The SMILES string of the molecule is CCOc1ccc(OCCNC(=O)CN2C(=O)N[C@]3(CCc4ccccc43)C2=O)cc1. The molecule has 0 bridgehead atoms. The summed E-state index contributed by atoms with van der Waals surface area (Å²) in [5, 5.41) is 5.50. The zero-order valence-electron chi connectivity index (χ0n) is 17.3. The Morgan fingerprint density at radius 1 is 1.10 bits per heavy atom. The van der Waals surface area contributed by atoms with Crippen molar-refractivity contribution in [1.29, 1.82) is 0 Å². The highest BCUT2D eigenvalue weighted by Crippen LogP contribution is 2.41. The largest absolute Gasteiger partial charge is 0.494 e. The van der Waals surface area contributed by atoms with E-state index >= 15 is 0 Å². The Balaban J connectivity index is 1.27. The van der Waals surface area contributed by atoms with Crippen molar-refractivity contribution in [2.24, 2.45) is 0 Å². The fourth-order valence-electron chi connectivity index (χ4n) is 4.09. The second-order valence-corrected chi connectivity index (χ2v) is 7.49. The van der Waals surface area contributed by atoms with Crippen molar-refractivity contribution in [3.8, 4) is 11.5 Å². The van der Waals surface area contributed by atoms with Gasteiger partial charge < -0.3 is 20.1 Å². The second-order valence-electron chi connectivity index (χ2n) is 7.49. The molecule has 2 aromatic rings. The first-order chi connectivity index (χ1) is 15.0. The minimum absolute atomic E-state index is 0.254. The van der Waals surface area contributed by atoms with Crippen molar-refractivity contribution in [2.75, 3.05) is 26.3 Å². The molecule has 1 heterocycles. The van der Waals surface area contributed by atoms with Crippen molar-refractivity contribution >= 4 is 17.8 Å². The van der Waals surface area contributed by atoms with Crippen LogP contribution in [0.2, 0.25) is 0 Å². The number of urea groups is 1. The Kier molecular flexibility index (Phi) is 5.79. The molecule has 1 aliphatic heterocycles. The third-order valence-corrected chi connectivity index (χ3v) is 5.55. The molecule has 1 saturated heterocycles. The molecular formula is C23H25N3O5. The first-order valence-electron chi connectivity index (χ1n) is 10.4. The number of nitrogens with one attached hydrogen (secondary N) is 2. The maximum Gasteiger partial charge on any atom is 0.325 e. The molecule has 31 heavy (non-hydrogen) atoms. The number of nitrogens with zero attached hydrogens (tertiary/aromatic N) is 1. The van der Waals surface area contributed by atoms with Gasteiger partial charge in [0.25, 0.3) is 5.91 Å². The lowest BCUT2D eigenvalue weighted by molar-refractivity contribution is -0.135. The number of benzene rings is 2. The Labute approximate surface area is 180 Å². The Hall–Kier alpha value is -3.55. The maximum absolute atomic E-state index is 13.1. The average Bonchev–Trinajstić information content (AvgIpc) is 3.26. The number of rotatable bonds is 8. The highest BCUT2D eigenvalue weighted by molar-refractivity contribution is 6.09. The van der Waals surface area contributed by atoms with E-state index in [1.165, 1.54) is 0 Å². The van der Waals surface area contributed by atoms with Crippen molar-refractivity contribution in [3.63, 3.8) is 0 Å². The highest BCUT2D eigenvalue weighted by atomic mass is 16.5. The monoisotopic (exact) mass is 423 g/mol. The van der Waals surface area contributed by atoms with Crippen LogP contribution in [0.5, 0.6) is 11.5 Å². The first kappa shape index (κ1) is 20.7. The van der Waals surface area contributed by atoms with E-state index < -0.39 is 17.5 Å². The van der Waals surface area contributed by atoms with Gasteiger partial charge in [0, 0.05) is 0 Å². The van der Waals surface area contributed by atoms with Gasteiger partial charge in [0.15, 0.2) is 0 Å². The summed E-state index contributed by atoms with van der Waals surface area (Å²) in [6.45, 7) is 2.70. The molecule has 1 spiro atoms. The van der Waals surface area contributed by atoms with E-state index in [0.29, 0.717) is 25.2 Å². The van der Waals surface area contributed by atoms with Crippen LogP contribution in [0.3, 0.4) is 0 Å². The molecule has 1 aliphatic carbocycles. The van der Waals surface area contributed by atoms with E-state index in [-0.39, 0.29) is 25.6 Å². The number of carbonyl (C=O) groups is 3. The van der Waals surface area contributed by atoms with E-state index in [4.69, 9.17) is 9.47 Å². The molecular weight excluding hydrogens is 398 g/mol. The van der Waals surface area contributed by atoms with Gasteiger partial charge in [0.1, 0.15) is 30.2 Å². The van der Waals surface area contributed by atoms with Crippen LogP contribution in [0.15, 0.2) is 48.5 Å². The third-order valence-electron chi connectivity index (χ3n) is 5.55. The van der Waals surface area contributed by atoms with Gasteiger partial charge in [-0.25, -0.2) is 4.79 Å². The summed E-state index contributed by atoms with van der Waals surface area (Å²) in [5.41, 5.74) is 0.818. The number of carbonyl (C=O) groups excluding carboxylic acids is 3. The summed E-state index contributed by atoms with van der Waals surface area (Å²) >= 11 is 0. The van der Waals surface area contributed by atoms with Gasteiger partial charge in [-0.2, -0.15) is 0 Å². The number of hydrogen-bond acceptors (Lipinski definition) is 5. The van der Waals surface area contributed by atoms with Crippen LogP contribution >= 0.6 is 0 Å². The van der Waals surface area contributed by atoms with Crippen LogP contribution in [0.4, 0.5) is 4.79 Å². The molecule has 8 nitrogen and oxygen atoms in total. The van der Waals surface area contributed by atoms with E-state index in [2.05, 4.69) is 10.6 Å². The van der Waals surface area contributed by atoms with Gasteiger partial charge in [-0.1, -0.05) is 24.3 Å². The number of aryl methyl sites for hydroxylation is 1. The van der Waals surface area contributed by atoms with Crippen molar-refractivity contribution in [1.82, 2.24) is 15.5 Å². The van der Waals surface area contributed by atoms with E-state index in [1.54, 1.807) is 12.1 Å². The maximum atomic E-state index is 13.1. The summed E-state index contributed by atoms with van der Waals surface area (Å²) in [4.78, 5) is 38.8. The van der Waals surface area contributed by atoms with E-state index in [0.717, 1.165) is 21.8 Å². The number of amides is 4. The van der Waals surface area contributed by atoms with Crippen LogP contribution in [0.25, 0.3) is 0 Å². The molecule has 162 valence electrons. The fourth-order valence-corrected chi connectivity index (χ4v) is 4.09. The molecule has 2 N–H and O–H groups in total. The van der Waals surface area contributed by atoms with Crippen molar-refractivity contribution < 1.29 is 23.9 Å². The molecule has 4 rings (SSSR count). The third kappa shape index (κ3) is 4.05. The molecule has 0 radical (unpaired) electrons. The summed E-state index contributed by atoms with van der Waals surface area (Å²) in [7, 11) is 0. The highest BCUT2D eigenvalue weighted by Gasteiger charge is 2.55. The van der Waals surface area contributed by atoms with Crippen LogP contribution < -0.4 is 20.1 Å². The van der Waals surface area contributed by atoms with E-state index in [1.807, 2.05) is 43.3 Å². The van der Waals surface area contributed by atoms with Crippen LogP contribution in [0.1, 0.15) is 24.5 Å². The van der Waals surface area contributed by atoms with Gasteiger partial charge >= 0.3 is 6.03 Å². The number of imide groups is 1. The minimum Gasteiger partial charge on any atom is -0.494 e. The number of hydrogen-bond donors (Lipinski definition) is 2. The van der Waals surface area contributed by atoms with E-state index in [9.17, 15) is 14.4 Å². The lowest BCUT2D eigenvalue weighted by atomic mass is 9.92. The molecule has 8 heteroatoms. The number of ether oxygens (including phenoxy) is 2. The average molecular weight is 423 g/mol. The Bertz CT molecular complexity index is 991. The quantitative estimate of drug-likeness (QED) is 0.500. The summed E-state index contributed by atoms with van der Waals surface area (Å²) in [6.07, 6.45) is 1.22. The van der Waals surface area contributed by atoms with Crippen molar-refractivity contribution in [2.45, 2.75) is 25.3 Å². The second kappa shape index (κ2) is 8.67. The summed E-state index contributed by atoms with van der Waals surface area (Å²) < 4.78 is 11.0. The number of fused-ring (bicyclic) bond motifs is 2. The molecule has 0 saturated carbocycles. The molecule has 1 atom stereocenters. The lowest BCUT2D eigenvalue weighted by Gasteiger charge is -2.22. The molecule has 0 aromatic heterocycles. The van der Waals surface area contributed by atoms with Gasteiger partial charge in [-0.15, -0.1) is 0 Å². The molecule has 1 fully saturated rings. The van der Waals surface area contributed by atoms with Gasteiger partial charge in [0.05, 0.1) is 13.2 Å². The zero-order valence-corrected chi connectivity index (χ0v) is 17.3. The Morgan fingerprint density at radius 2 is 1.81 bits per heavy atom. The summed E-state index contributed by atoms with van der Waals surface area (Å²) in [6, 6.07) is 14.3. The Morgan fingerprint density at radius 3 is 2.55 bits per heavy atom. The smallest absolute Gasteiger partial charge is 0.325 e. The standard InChI is InChI=1S/C23H25N3O5/c1-2-30-17-7-9-18(10-8-17)31-14-13-24-20(27)15-26-21(28)23(25-22(26)29)12-11-16-5-3-4-6-19(16)23/h3-10H,2,11-15H2,1H3,(H,24,27)(H,25,29)/t23-/m0/s1. The van der Waals surface area contributed by atoms with Gasteiger partial charge in [0.2, 0.25) is 5.91 Å². The van der Waals surface area contributed by atoms with Gasteiger partial charge in [-0.3, -0.25) is 14.5 Å². The molecule has 0 unspecified atom stereocenters. The summed E-state index contributed by atoms with van der Waals surface area (Å²) in [5.74, 6) is 0.637. The lowest BCUT2D eigenvalue weighted by Crippen LogP contribution is -2.44. The minimum atomic E-state index is -1.05.